The monoisotopic (exact) mass is 521 g/mol. The number of rotatable bonds is 11. The second-order valence-corrected chi connectivity index (χ2v) is 8.68. The number of aromatic nitrogens is 1. The van der Waals surface area contributed by atoms with E-state index in [1.807, 2.05) is 6.92 Å². The topological polar surface area (TPSA) is 68.7 Å². The third kappa shape index (κ3) is 7.13. The molecule has 0 aliphatic carbocycles. The Morgan fingerprint density at radius 2 is 1.86 bits per heavy atom. The summed E-state index contributed by atoms with van der Waals surface area (Å²) in [5, 5.41) is 9.25. The molecular formula is C27H27ClF3NO4. The average molecular weight is 522 g/mol. The lowest BCUT2D eigenvalue weighted by molar-refractivity contribution is -0.138. The third-order valence-electron chi connectivity index (χ3n) is 5.61. The number of alkyl halides is 3. The second-order valence-electron chi connectivity index (χ2n) is 8.27. The number of ether oxygens (including phenoxy) is 2. The van der Waals surface area contributed by atoms with Crippen LogP contribution < -0.4 is 9.47 Å². The van der Waals surface area contributed by atoms with Crippen molar-refractivity contribution in [1.29, 1.82) is 0 Å². The molecule has 1 heterocycles. The van der Waals surface area contributed by atoms with Crippen LogP contribution in [-0.4, -0.2) is 23.2 Å². The zero-order valence-electron chi connectivity index (χ0n) is 19.9. The number of pyridine rings is 1. The Morgan fingerprint density at radius 3 is 2.47 bits per heavy atom. The minimum absolute atomic E-state index is 0.0422. The molecule has 1 N–H and O–H groups in total. The van der Waals surface area contributed by atoms with Gasteiger partial charge in [-0.2, -0.15) is 13.2 Å². The first-order valence-electron chi connectivity index (χ1n) is 11.5. The van der Waals surface area contributed by atoms with E-state index in [2.05, 4.69) is 4.98 Å². The van der Waals surface area contributed by atoms with Crippen LogP contribution in [0.3, 0.4) is 0 Å². The molecule has 192 valence electrons. The van der Waals surface area contributed by atoms with Crippen molar-refractivity contribution in [3.8, 4) is 22.8 Å². The molecule has 1 atom stereocenters. The van der Waals surface area contributed by atoms with Crippen LogP contribution in [0.15, 0.2) is 54.6 Å². The summed E-state index contributed by atoms with van der Waals surface area (Å²) in [5.41, 5.74) is 1.67. The number of carboxylic acids is 1. The van der Waals surface area contributed by atoms with Gasteiger partial charge in [0, 0.05) is 12.0 Å². The fourth-order valence-electron chi connectivity index (χ4n) is 3.70. The van der Waals surface area contributed by atoms with Crippen molar-refractivity contribution in [3.63, 3.8) is 0 Å². The fraction of sp³-hybridized carbons (Fsp3) is 0.333. The Balaban J connectivity index is 1.92. The van der Waals surface area contributed by atoms with Gasteiger partial charge in [-0.05, 0) is 61.2 Å². The molecule has 5 nitrogen and oxygen atoms in total. The first-order valence-corrected chi connectivity index (χ1v) is 11.9. The van der Waals surface area contributed by atoms with Crippen molar-refractivity contribution < 1.29 is 32.5 Å². The number of hydrogen-bond acceptors (Lipinski definition) is 4. The van der Waals surface area contributed by atoms with Crippen molar-refractivity contribution in [2.24, 2.45) is 0 Å². The SMILES string of the molecule is CCCC[C@H](Oc1c(Cl)cc(CCC(=O)O)cc1OC)c1cccc(-c2ccc(C(F)(F)F)cc2)n1. The average Bonchev–Trinajstić information content (AvgIpc) is 2.85. The van der Waals surface area contributed by atoms with Gasteiger partial charge in [0.25, 0.3) is 0 Å². The molecule has 0 radical (unpaired) electrons. The molecule has 0 saturated heterocycles. The van der Waals surface area contributed by atoms with Gasteiger partial charge < -0.3 is 14.6 Å². The van der Waals surface area contributed by atoms with Crippen molar-refractivity contribution >= 4 is 17.6 Å². The van der Waals surface area contributed by atoms with E-state index in [0.29, 0.717) is 46.9 Å². The summed E-state index contributed by atoms with van der Waals surface area (Å²) in [4.78, 5) is 15.6. The summed E-state index contributed by atoms with van der Waals surface area (Å²) >= 11 is 6.51. The van der Waals surface area contributed by atoms with E-state index in [0.717, 1.165) is 25.0 Å². The highest BCUT2D eigenvalue weighted by atomic mass is 35.5. The molecule has 0 spiro atoms. The lowest BCUT2D eigenvalue weighted by Gasteiger charge is -2.22. The van der Waals surface area contributed by atoms with Crippen molar-refractivity contribution in [1.82, 2.24) is 4.98 Å². The number of benzene rings is 2. The largest absolute Gasteiger partial charge is 0.493 e. The van der Waals surface area contributed by atoms with E-state index >= 15 is 0 Å². The molecule has 0 amide bonds. The standard InChI is InChI=1S/C27H27ClF3NO4/c1-3-4-8-23(36-26-20(28)15-17(9-14-25(33)34)16-24(26)35-2)22-7-5-6-21(32-22)18-10-12-19(13-11-18)27(29,30)31/h5-7,10-13,15-16,23H,3-4,8-9,14H2,1-2H3,(H,33,34)/t23-/m0/s1. The summed E-state index contributed by atoms with van der Waals surface area (Å²) in [6.45, 7) is 2.05. The Labute approximate surface area is 212 Å². The van der Waals surface area contributed by atoms with Crippen molar-refractivity contribution in [3.05, 3.63) is 76.4 Å². The van der Waals surface area contributed by atoms with Crippen LogP contribution in [0.25, 0.3) is 11.3 Å². The van der Waals surface area contributed by atoms with Crippen LogP contribution in [0, 0.1) is 0 Å². The maximum absolute atomic E-state index is 12.9. The highest BCUT2D eigenvalue weighted by Crippen LogP contribution is 2.40. The van der Waals surface area contributed by atoms with Gasteiger partial charge in [0.1, 0.15) is 6.10 Å². The Bertz CT molecular complexity index is 1180. The lowest BCUT2D eigenvalue weighted by Crippen LogP contribution is -2.11. The van der Waals surface area contributed by atoms with Gasteiger partial charge in [-0.15, -0.1) is 0 Å². The van der Waals surface area contributed by atoms with E-state index in [4.69, 9.17) is 26.2 Å². The van der Waals surface area contributed by atoms with Crippen LogP contribution in [-0.2, 0) is 17.4 Å². The molecule has 2 aromatic carbocycles. The van der Waals surface area contributed by atoms with Gasteiger partial charge in [0.2, 0.25) is 0 Å². The van der Waals surface area contributed by atoms with Crippen LogP contribution >= 0.6 is 11.6 Å². The number of methoxy groups -OCH3 is 1. The van der Waals surface area contributed by atoms with E-state index in [-0.39, 0.29) is 11.4 Å². The van der Waals surface area contributed by atoms with Gasteiger partial charge in [-0.1, -0.05) is 43.1 Å². The van der Waals surface area contributed by atoms with Gasteiger partial charge in [-0.3, -0.25) is 4.79 Å². The van der Waals surface area contributed by atoms with Crippen LogP contribution in [0.1, 0.15) is 55.5 Å². The first-order chi connectivity index (χ1) is 17.1. The predicted molar refractivity (Wildman–Crippen MR) is 132 cm³/mol. The predicted octanol–water partition coefficient (Wildman–Crippen LogP) is 7.76. The number of nitrogens with zero attached hydrogens (tertiary/aromatic N) is 1. The van der Waals surface area contributed by atoms with Crippen LogP contribution in [0.2, 0.25) is 5.02 Å². The highest BCUT2D eigenvalue weighted by Gasteiger charge is 2.30. The number of halogens is 4. The first kappa shape index (κ1) is 27.3. The van der Waals surface area contributed by atoms with E-state index < -0.39 is 23.8 Å². The Morgan fingerprint density at radius 1 is 1.14 bits per heavy atom. The molecule has 0 unspecified atom stereocenters. The smallest absolute Gasteiger partial charge is 0.416 e. The van der Waals surface area contributed by atoms with Gasteiger partial charge in [-0.25, -0.2) is 4.98 Å². The summed E-state index contributed by atoms with van der Waals surface area (Å²) in [7, 11) is 1.48. The van der Waals surface area contributed by atoms with Gasteiger partial charge >= 0.3 is 12.1 Å². The number of carbonyl (C=O) groups is 1. The zero-order chi connectivity index (χ0) is 26.3. The molecule has 0 fully saturated rings. The Kier molecular flexibility index (Phi) is 9.20. The number of unbranched alkanes of at least 4 members (excludes halogenated alkanes) is 1. The van der Waals surface area contributed by atoms with Gasteiger partial charge in [0.05, 0.1) is 29.1 Å². The number of carboxylic acid groups (broad SMARTS) is 1. The minimum Gasteiger partial charge on any atom is -0.493 e. The number of hydrogen-bond donors (Lipinski definition) is 1. The fourth-order valence-corrected chi connectivity index (χ4v) is 3.98. The van der Waals surface area contributed by atoms with Gasteiger partial charge in [0.15, 0.2) is 11.5 Å². The molecule has 36 heavy (non-hydrogen) atoms. The summed E-state index contributed by atoms with van der Waals surface area (Å²) in [6, 6.07) is 13.5. The molecule has 1 aromatic heterocycles. The molecule has 3 rings (SSSR count). The number of aryl methyl sites for hydroxylation is 1. The maximum Gasteiger partial charge on any atom is 0.416 e. The van der Waals surface area contributed by atoms with Crippen LogP contribution in [0.5, 0.6) is 11.5 Å². The van der Waals surface area contributed by atoms with E-state index in [9.17, 15) is 18.0 Å². The quantitative estimate of drug-likeness (QED) is 0.279. The molecular weight excluding hydrogens is 495 g/mol. The molecule has 0 aliphatic heterocycles. The zero-order valence-corrected chi connectivity index (χ0v) is 20.7. The Hall–Kier alpha value is -3.26. The molecule has 3 aromatic rings. The molecule has 0 bridgehead atoms. The van der Waals surface area contributed by atoms with E-state index in [1.54, 1.807) is 30.3 Å². The van der Waals surface area contributed by atoms with E-state index in [1.165, 1.54) is 19.2 Å². The highest BCUT2D eigenvalue weighted by molar-refractivity contribution is 6.32. The van der Waals surface area contributed by atoms with Crippen molar-refractivity contribution in [2.45, 2.75) is 51.3 Å². The second kappa shape index (κ2) is 12.1. The summed E-state index contributed by atoms with van der Waals surface area (Å²) < 4.78 is 50.6. The molecule has 9 heteroatoms. The lowest BCUT2D eigenvalue weighted by atomic mass is 10.0. The molecule has 0 aliphatic rings. The minimum atomic E-state index is -4.41. The normalized spacial score (nSPS) is 12.3. The summed E-state index contributed by atoms with van der Waals surface area (Å²) in [6.07, 6.45) is -2.27. The molecule has 0 saturated carbocycles. The number of aliphatic carboxylic acids is 1. The maximum atomic E-state index is 12.9. The third-order valence-corrected chi connectivity index (χ3v) is 5.89. The van der Waals surface area contributed by atoms with Crippen LogP contribution in [0.4, 0.5) is 13.2 Å². The van der Waals surface area contributed by atoms with Crippen molar-refractivity contribution in [2.75, 3.05) is 7.11 Å². The summed E-state index contributed by atoms with van der Waals surface area (Å²) in [5.74, 6) is -0.214.